The van der Waals surface area contributed by atoms with Crippen molar-refractivity contribution in [2.24, 2.45) is 5.92 Å². The maximum absolute atomic E-state index is 12.6. The second-order valence-corrected chi connectivity index (χ2v) is 6.84. The minimum absolute atomic E-state index is 0.0649. The van der Waals surface area contributed by atoms with Crippen LogP contribution in [0.2, 0.25) is 0 Å². The van der Waals surface area contributed by atoms with Crippen molar-refractivity contribution < 1.29 is 9.53 Å². The molecule has 6 heteroatoms. The van der Waals surface area contributed by atoms with Crippen molar-refractivity contribution in [3.05, 3.63) is 41.6 Å². The third kappa shape index (κ3) is 4.53. The quantitative estimate of drug-likeness (QED) is 0.905. The number of amides is 1. The summed E-state index contributed by atoms with van der Waals surface area (Å²) in [4.78, 5) is 14.5. The Morgan fingerprint density at radius 1 is 1.36 bits per heavy atom. The van der Waals surface area contributed by atoms with Gasteiger partial charge in [0, 0.05) is 25.1 Å². The number of carbonyl (C=O) groups excluding carboxylic acids is 1. The predicted octanol–water partition coefficient (Wildman–Crippen LogP) is 2.40. The number of rotatable bonds is 5. The van der Waals surface area contributed by atoms with Crippen LogP contribution >= 0.6 is 0 Å². The summed E-state index contributed by atoms with van der Waals surface area (Å²) >= 11 is 0. The Morgan fingerprint density at radius 3 is 2.92 bits per heavy atom. The molecule has 0 spiro atoms. The van der Waals surface area contributed by atoms with Gasteiger partial charge in [0.15, 0.2) is 0 Å². The number of nitrogens with two attached hydrogens (primary N) is 1. The molecule has 1 saturated heterocycles. The van der Waals surface area contributed by atoms with Gasteiger partial charge in [0.2, 0.25) is 5.91 Å². The molecule has 0 radical (unpaired) electrons. The Balaban J connectivity index is 1.53. The summed E-state index contributed by atoms with van der Waals surface area (Å²) < 4.78 is 7.49. The van der Waals surface area contributed by atoms with Gasteiger partial charge in [-0.25, -0.2) is 4.68 Å². The minimum Gasteiger partial charge on any atom is -0.493 e. The highest BCUT2D eigenvalue weighted by molar-refractivity contribution is 5.76. The first-order valence-electron chi connectivity index (χ1n) is 8.78. The molecular weight excluding hydrogens is 316 g/mol. The van der Waals surface area contributed by atoms with Gasteiger partial charge in [0.25, 0.3) is 0 Å². The second kappa shape index (κ2) is 7.59. The number of nitrogen functional groups attached to an aromatic ring is 1. The van der Waals surface area contributed by atoms with Gasteiger partial charge in [0.05, 0.1) is 12.3 Å². The summed E-state index contributed by atoms with van der Waals surface area (Å²) in [6.45, 7) is 6.28. The molecule has 1 aromatic heterocycles. The molecule has 2 N–H and O–H groups in total. The molecule has 1 aliphatic heterocycles. The number of aryl methyl sites for hydroxylation is 2. The molecule has 1 amide bonds. The highest BCUT2D eigenvalue weighted by atomic mass is 16.5. The average Bonchev–Trinajstić information content (AvgIpc) is 2.90. The zero-order valence-corrected chi connectivity index (χ0v) is 14.9. The van der Waals surface area contributed by atoms with E-state index in [2.05, 4.69) is 18.1 Å². The van der Waals surface area contributed by atoms with E-state index >= 15 is 0 Å². The van der Waals surface area contributed by atoms with Gasteiger partial charge < -0.3 is 15.4 Å². The summed E-state index contributed by atoms with van der Waals surface area (Å²) in [6.07, 6.45) is 2.08. The number of anilines is 1. The number of hydrogen-bond donors (Lipinski definition) is 1. The molecule has 2 heterocycles. The van der Waals surface area contributed by atoms with Crippen molar-refractivity contribution in [1.82, 2.24) is 14.7 Å². The fraction of sp³-hybridized carbons (Fsp3) is 0.474. The summed E-state index contributed by atoms with van der Waals surface area (Å²) in [5, 5.41) is 4.27. The number of benzene rings is 1. The van der Waals surface area contributed by atoms with Crippen LogP contribution in [-0.2, 0) is 11.3 Å². The summed E-state index contributed by atoms with van der Waals surface area (Å²) in [5.41, 5.74) is 7.89. The Labute approximate surface area is 148 Å². The fourth-order valence-corrected chi connectivity index (χ4v) is 3.27. The van der Waals surface area contributed by atoms with Crippen LogP contribution < -0.4 is 10.5 Å². The molecular formula is C19H26N4O2. The Morgan fingerprint density at radius 2 is 2.20 bits per heavy atom. The summed E-state index contributed by atoms with van der Waals surface area (Å²) in [5.74, 6) is 1.84. The van der Waals surface area contributed by atoms with E-state index < -0.39 is 0 Å². The highest BCUT2D eigenvalue weighted by Crippen LogP contribution is 2.20. The van der Waals surface area contributed by atoms with Crippen molar-refractivity contribution in [3.8, 4) is 5.75 Å². The van der Waals surface area contributed by atoms with Gasteiger partial charge in [0.1, 0.15) is 18.1 Å². The van der Waals surface area contributed by atoms with Crippen molar-refractivity contribution in [1.29, 1.82) is 0 Å². The van der Waals surface area contributed by atoms with E-state index in [0.717, 1.165) is 37.4 Å². The fourth-order valence-electron chi connectivity index (χ4n) is 3.27. The maximum Gasteiger partial charge on any atom is 0.244 e. The largest absolute Gasteiger partial charge is 0.493 e. The van der Waals surface area contributed by atoms with E-state index in [0.29, 0.717) is 18.3 Å². The van der Waals surface area contributed by atoms with Crippen LogP contribution in [0.1, 0.15) is 24.1 Å². The van der Waals surface area contributed by atoms with Crippen molar-refractivity contribution in [2.45, 2.75) is 33.2 Å². The number of aromatic nitrogens is 2. The van der Waals surface area contributed by atoms with Crippen LogP contribution in [-0.4, -0.2) is 40.3 Å². The van der Waals surface area contributed by atoms with E-state index in [1.165, 1.54) is 5.56 Å². The number of likely N-dealkylation sites (tertiary alicyclic amines) is 1. The van der Waals surface area contributed by atoms with E-state index in [1.54, 1.807) is 10.7 Å². The SMILES string of the molecule is Cc1cccc(OC[C@H]2CCCN(C(=O)Cn3nc(C)cc3N)C2)c1. The number of ether oxygens (including phenoxy) is 1. The first-order chi connectivity index (χ1) is 12.0. The number of nitrogens with zero attached hydrogens (tertiary/aromatic N) is 3. The van der Waals surface area contributed by atoms with Crippen molar-refractivity contribution in [3.63, 3.8) is 0 Å². The standard InChI is InChI=1S/C19H26N4O2/c1-14-5-3-7-17(9-14)25-13-16-6-4-8-22(11-16)19(24)12-23-18(20)10-15(2)21-23/h3,5,7,9-10,16H,4,6,8,11-13,20H2,1-2H3/t16-/m0/s1. The van der Waals surface area contributed by atoms with E-state index in [4.69, 9.17) is 10.5 Å². The van der Waals surface area contributed by atoms with Gasteiger partial charge >= 0.3 is 0 Å². The third-order valence-corrected chi connectivity index (χ3v) is 4.57. The third-order valence-electron chi connectivity index (χ3n) is 4.57. The molecule has 0 aliphatic carbocycles. The van der Waals surface area contributed by atoms with E-state index in [-0.39, 0.29) is 12.5 Å². The number of piperidine rings is 1. The van der Waals surface area contributed by atoms with Crippen LogP contribution in [0.4, 0.5) is 5.82 Å². The molecule has 1 aliphatic rings. The van der Waals surface area contributed by atoms with Gasteiger partial charge in [-0.05, 0) is 44.4 Å². The van der Waals surface area contributed by atoms with Crippen LogP contribution in [0.25, 0.3) is 0 Å². The lowest BCUT2D eigenvalue weighted by molar-refractivity contribution is -0.134. The van der Waals surface area contributed by atoms with E-state index in [1.807, 2.05) is 30.0 Å². The first kappa shape index (κ1) is 17.3. The molecule has 6 nitrogen and oxygen atoms in total. The van der Waals surface area contributed by atoms with Gasteiger partial charge in [-0.1, -0.05) is 12.1 Å². The van der Waals surface area contributed by atoms with Crippen molar-refractivity contribution in [2.75, 3.05) is 25.4 Å². The Bertz CT molecular complexity index is 741. The second-order valence-electron chi connectivity index (χ2n) is 6.84. The minimum atomic E-state index is 0.0649. The molecule has 0 saturated carbocycles. The van der Waals surface area contributed by atoms with Gasteiger partial charge in [-0.3, -0.25) is 4.79 Å². The highest BCUT2D eigenvalue weighted by Gasteiger charge is 2.24. The summed E-state index contributed by atoms with van der Waals surface area (Å²) in [6, 6.07) is 9.84. The van der Waals surface area contributed by atoms with Crippen LogP contribution in [0.5, 0.6) is 5.75 Å². The van der Waals surface area contributed by atoms with Gasteiger partial charge in [-0.15, -0.1) is 0 Å². The maximum atomic E-state index is 12.6. The summed E-state index contributed by atoms with van der Waals surface area (Å²) in [7, 11) is 0. The zero-order chi connectivity index (χ0) is 17.8. The molecule has 134 valence electrons. The van der Waals surface area contributed by atoms with Crippen LogP contribution in [0, 0.1) is 19.8 Å². The number of hydrogen-bond acceptors (Lipinski definition) is 4. The number of carbonyl (C=O) groups is 1. The lowest BCUT2D eigenvalue weighted by atomic mass is 9.99. The Hall–Kier alpha value is -2.50. The van der Waals surface area contributed by atoms with Crippen LogP contribution in [0.3, 0.4) is 0 Å². The predicted molar refractivity (Wildman–Crippen MR) is 97.4 cm³/mol. The monoisotopic (exact) mass is 342 g/mol. The molecule has 1 fully saturated rings. The molecule has 3 rings (SSSR count). The smallest absolute Gasteiger partial charge is 0.244 e. The molecule has 2 aromatic rings. The van der Waals surface area contributed by atoms with Crippen LogP contribution in [0.15, 0.2) is 30.3 Å². The van der Waals surface area contributed by atoms with Gasteiger partial charge in [-0.2, -0.15) is 5.10 Å². The Kier molecular flexibility index (Phi) is 5.26. The normalized spacial score (nSPS) is 17.5. The molecule has 0 bridgehead atoms. The average molecular weight is 342 g/mol. The lowest BCUT2D eigenvalue weighted by Crippen LogP contribution is -2.43. The molecule has 0 unspecified atom stereocenters. The van der Waals surface area contributed by atoms with E-state index in [9.17, 15) is 4.79 Å². The lowest BCUT2D eigenvalue weighted by Gasteiger charge is -2.32. The molecule has 1 aromatic carbocycles. The molecule has 1 atom stereocenters. The zero-order valence-electron chi connectivity index (χ0n) is 14.9. The topological polar surface area (TPSA) is 73.4 Å². The molecule has 25 heavy (non-hydrogen) atoms. The van der Waals surface area contributed by atoms with Crippen molar-refractivity contribution >= 4 is 11.7 Å². The first-order valence-corrected chi connectivity index (χ1v) is 8.78.